The highest BCUT2D eigenvalue weighted by atomic mass is 16.5. The summed E-state index contributed by atoms with van der Waals surface area (Å²) in [4.78, 5) is 14.0. The highest BCUT2D eigenvalue weighted by Crippen LogP contribution is 2.39. The van der Waals surface area contributed by atoms with Gasteiger partial charge in [0.15, 0.2) is 5.60 Å². The van der Waals surface area contributed by atoms with Crippen LogP contribution in [0.3, 0.4) is 0 Å². The van der Waals surface area contributed by atoms with Gasteiger partial charge in [0.05, 0.1) is 5.69 Å². The number of ether oxygens (including phenoxy) is 1. The Morgan fingerprint density at radius 2 is 2.20 bits per heavy atom. The van der Waals surface area contributed by atoms with Gasteiger partial charge in [-0.3, -0.25) is 4.79 Å². The van der Waals surface area contributed by atoms with Gasteiger partial charge in [-0.15, -0.1) is 0 Å². The predicted octanol–water partition coefficient (Wildman–Crippen LogP) is 2.29. The number of anilines is 1. The Bertz CT molecular complexity index is 533. The molecule has 0 bridgehead atoms. The van der Waals surface area contributed by atoms with E-state index < -0.39 is 5.60 Å². The van der Waals surface area contributed by atoms with Crippen molar-refractivity contribution >= 4 is 11.6 Å². The van der Waals surface area contributed by atoms with Crippen molar-refractivity contribution in [2.24, 2.45) is 0 Å². The fourth-order valence-corrected chi connectivity index (χ4v) is 3.10. The summed E-state index contributed by atoms with van der Waals surface area (Å²) in [6.45, 7) is 5.75. The smallest absolute Gasteiger partial charge is 0.270 e. The summed E-state index contributed by atoms with van der Waals surface area (Å²) in [5.74, 6) is 1.33. The van der Waals surface area contributed by atoms with Crippen molar-refractivity contribution in [1.29, 1.82) is 0 Å². The summed E-state index contributed by atoms with van der Waals surface area (Å²) < 4.78 is 5.84. The quantitative estimate of drug-likeness (QED) is 0.854. The summed E-state index contributed by atoms with van der Waals surface area (Å²) in [5.41, 5.74) is 1.40. The SMILES string of the molecule is CN1C(=O)C(C)(C)Oc2ccc(C3CCCNC3)cc21. The number of benzene rings is 1. The molecule has 0 spiro atoms. The molecule has 1 amide bonds. The number of piperidine rings is 1. The van der Waals surface area contributed by atoms with Gasteiger partial charge in [-0.25, -0.2) is 0 Å². The molecule has 3 rings (SSSR count). The minimum Gasteiger partial charge on any atom is -0.476 e. The van der Waals surface area contributed by atoms with Gasteiger partial charge in [-0.05, 0) is 56.8 Å². The molecule has 1 aromatic rings. The van der Waals surface area contributed by atoms with Crippen LogP contribution in [-0.4, -0.2) is 31.6 Å². The van der Waals surface area contributed by atoms with Crippen LogP contribution in [0.5, 0.6) is 5.75 Å². The number of likely N-dealkylation sites (N-methyl/N-ethyl adjacent to an activating group) is 1. The van der Waals surface area contributed by atoms with Gasteiger partial charge in [-0.1, -0.05) is 6.07 Å². The Morgan fingerprint density at radius 1 is 1.40 bits per heavy atom. The molecule has 0 radical (unpaired) electrons. The lowest BCUT2D eigenvalue weighted by Gasteiger charge is -2.37. The Morgan fingerprint density at radius 3 is 2.90 bits per heavy atom. The first kappa shape index (κ1) is 13.4. The molecule has 0 aliphatic carbocycles. The number of rotatable bonds is 1. The first-order valence-electron chi connectivity index (χ1n) is 7.31. The number of carbonyl (C=O) groups excluding carboxylic acids is 1. The Hall–Kier alpha value is -1.55. The van der Waals surface area contributed by atoms with Crippen molar-refractivity contribution in [2.75, 3.05) is 25.0 Å². The minimum absolute atomic E-state index is 0.00363. The van der Waals surface area contributed by atoms with Gasteiger partial charge in [0.1, 0.15) is 5.75 Å². The molecule has 2 heterocycles. The molecule has 20 heavy (non-hydrogen) atoms. The van der Waals surface area contributed by atoms with Crippen LogP contribution in [0.1, 0.15) is 38.2 Å². The molecule has 2 aliphatic rings. The zero-order chi connectivity index (χ0) is 14.3. The lowest BCUT2D eigenvalue weighted by atomic mass is 9.90. The molecule has 1 saturated heterocycles. The van der Waals surface area contributed by atoms with E-state index in [1.165, 1.54) is 18.4 Å². The molecule has 0 aromatic heterocycles. The third kappa shape index (κ3) is 2.18. The van der Waals surface area contributed by atoms with Crippen LogP contribution in [0.2, 0.25) is 0 Å². The van der Waals surface area contributed by atoms with E-state index in [2.05, 4.69) is 17.4 Å². The van der Waals surface area contributed by atoms with Crippen molar-refractivity contribution < 1.29 is 9.53 Å². The van der Waals surface area contributed by atoms with Crippen molar-refractivity contribution in [3.8, 4) is 5.75 Å². The second-order valence-corrected chi connectivity index (χ2v) is 6.25. The van der Waals surface area contributed by atoms with Crippen LogP contribution < -0.4 is 15.0 Å². The second kappa shape index (κ2) is 4.77. The molecule has 1 fully saturated rings. The number of carbonyl (C=O) groups is 1. The molecule has 2 aliphatic heterocycles. The maximum Gasteiger partial charge on any atom is 0.270 e. The van der Waals surface area contributed by atoms with E-state index in [1.54, 1.807) is 4.90 Å². The molecule has 4 nitrogen and oxygen atoms in total. The van der Waals surface area contributed by atoms with Crippen molar-refractivity contribution in [2.45, 2.75) is 38.2 Å². The fraction of sp³-hybridized carbons (Fsp3) is 0.562. The van der Waals surface area contributed by atoms with E-state index in [0.717, 1.165) is 24.5 Å². The first-order chi connectivity index (χ1) is 9.49. The van der Waals surface area contributed by atoms with Gasteiger partial charge in [-0.2, -0.15) is 0 Å². The molecule has 108 valence electrons. The molecule has 1 atom stereocenters. The predicted molar refractivity (Wildman–Crippen MR) is 79.4 cm³/mol. The van der Waals surface area contributed by atoms with Crippen LogP contribution >= 0.6 is 0 Å². The zero-order valence-electron chi connectivity index (χ0n) is 12.4. The van der Waals surface area contributed by atoms with Crippen LogP contribution in [0, 0.1) is 0 Å². The van der Waals surface area contributed by atoms with Crippen molar-refractivity contribution in [1.82, 2.24) is 5.32 Å². The zero-order valence-corrected chi connectivity index (χ0v) is 12.4. The van der Waals surface area contributed by atoms with E-state index in [4.69, 9.17) is 4.74 Å². The second-order valence-electron chi connectivity index (χ2n) is 6.25. The first-order valence-corrected chi connectivity index (χ1v) is 7.31. The summed E-state index contributed by atoms with van der Waals surface area (Å²) in [7, 11) is 1.83. The van der Waals surface area contributed by atoms with Crippen molar-refractivity contribution in [3.63, 3.8) is 0 Å². The summed E-state index contributed by atoms with van der Waals surface area (Å²) >= 11 is 0. The molecule has 1 N–H and O–H groups in total. The number of amides is 1. The Kier molecular flexibility index (Phi) is 3.21. The molecule has 4 heteroatoms. The van der Waals surface area contributed by atoms with Gasteiger partial charge in [0.25, 0.3) is 5.91 Å². The minimum atomic E-state index is -0.782. The van der Waals surface area contributed by atoms with Crippen LogP contribution in [0.15, 0.2) is 18.2 Å². The van der Waals surface area contributed by atoms with Gasteiger partial charge < -0.3 is 15.0 Å². The van der Waals surface area contributed by atoms with Gasteiger partial charge in [0.2, 0.25) is 0 Å². The lowest BCUT2D eigenvalue weighted by molar-refractivity contribution is -0.132. The molecule has 1 aromatic carbocycles. The number of nitrogens with one attached hydrogen (secondary N) is 1. The lowest BCUT2D eigenvalue weighted by Crippen LogP contribution is -2.50. The van der Waals surface area contributed by atoms with Crippen LogP contribution in [0.25, 0.3) is 0 Å². The van der Waals surface area contributed by atoms with Gasteiger partial charge in [0, 0.05) is 13.6 Å². The molecule has 0 saturated carbocycles. The van der Waals surface area contributed by atoms with E-state index in [0.29, 0.717) is 5.92 Å². The van der Waals surface area contributed by atoms with Crippen LogP contribution in [0.4, 0.5) is 5.69 Å². The summed E-state index contributed by atoms with van der Waals surface area (Å²) in [6.07, 6.45) is 2.41. The van der Waals surface area contributed by atoms with E-state index >= 15 is 0 Å². The van der Waals surface area contributed by atoms with E-state index in [-0.39, 0.29) is 5.91 Å². The largest absolute Gasteiger partial charge is 0.476 e. The number of hydrogen-bond donors (Lipinski definition) is 1. The van der Waals surface area contributed by atoms with Crippen molar-refractivity contribution in [3.05, 3.63) is 23.8 Å². The highest BCUT2D eigenvalue weighted by molar-refractivity contribution is 6.01. The third-order valence-corrected chi connectivity index (χ3v) is 4.30. The topological polar surface area (TPSA) is 41.6 Å². The number of fused-ring (bicyclic) bond motifs is 1. The fourth-order valence-electron chi connectivity index (χ4n) is 3.10. The highest BCUT2D eigenvalue weighted by Gasteiger charge is 2.39. The standard InChI is InChI=1S/C16H22N2O2/c1-16(2)15(19)18(3)13-9-11(6-7-14(13)20-16)12-5-4-8-17-10-12/h6-7,9,12,17H,4-5,8,10H2,1-3H3. The maximum absolute atomic E-state index is 12.3. The molecular weight excluding hydrogens is 252 g/mol. The third-order valence-electron chi connectivity index (χ3n) is 4.30. The number of hydrogen-bond acceptors (Lipinski definition) is 3. The summed E-state index contributed by atoms with van der Waals surface area (Å²) in [6, 6.07) is 6.25. The van der Waals surface area contributed by atoms with Crippen LogP contribution in [-0.2, 0) is 4.79 Å². The summed E-state index contributed by atoms with van der Waals surface area (Å²) in [5, 5.41) is 3.43. The van der Waals surface area contributed by atoms with E-state index in [9.17, 15) is 4.79 Å². The average molecular weight is 274 g/mol. The average Bonchev–Trinajstić information content (AvgIpc) is 2.45. The normalized spacial score (nSPS) is 25.1. The molecule has 1 unspecified atom stereocenters. The van der Waals surface area contributed by atoms with E-state index in [1.807, 2.05) is 27.0 Å². The van der Waals surface area contributed by atoms with Gasteiger partial charge >= 0.3 is 0 Å². The Labute approximate surface area is 120 Å². The molecular formula is C16H22N2O2. The maximum atomic E-state index is 12.3. The number of nitrogens with zero attached hydrogens (tertiary/aromatic N) is 1. The Balaban J connectivity index is 1.95. The monoisotopic (exact) mass is 274 g/mol.